The highest BCUT2D eigenvalue weighted by atomic mass is 79.9. The van der Waals surface area contributed by atoms with Crippen molar-refractivity contribution < 1.29 is 14.6 Å². The van der Waals surface area contributed by atoms with E-state index in [0.29, 0.717) is 30.1 Å². The number of halogens is 1. The third-order valence-electron chi connectivity index (χ3n) is 7.03. The van der Waals surface area contributed by atoms with Gasteiger partial charge < -0.3 is 9.84 Å². The summed E-state index contributed by atoms with van der Waals surface area (Å²) >= 11 is 3.89. The van der Waals surface area contributed by atoms with E-state index in [1.807, 2.05) is 25.1 Å². The Labute approximate surface area is 169 Å². The minimum absolute atomic E-state index is 0.157. The van der Waals surface area contributed by atoms with Crippen LogP contribution in [0.3, 0.4) is 0 Å². The van der Waals surface area contributed by atoms with Crippen LogP contribution < -0.4 is 0 Å². The van der Waals surface area contributed by atoms with E-state index in [4.69, 9.17) is 4.74 Å². The first kappa shape index (κ1) is 18.8. The van der Waals surface area contributed by atoms with Crippen molar-refractivity contribution in [3.63, 3.8) is 0 Å². The molecule has 3 aliphatic carbocycles. The van der Waals surface area contributed by atoms with Crippen LogP contribution in [-0.2, 0) is 16.0 Å². The molecular weight excluding hydrogens is 404 g/mol. The summed E-state index contributed by atoms with van der Waals surface area (Å²) in [5.41, 5.74) is 4.17. The van der Waals surface area contributed by atoms with Crippen molar-refractivity contribution in [2.45, 2.75) is 51.9 Å². The molecule has 3 aliphatic rings. The van der Waals surface area contributed by atoms with Crippen LogP contribution >= 0.6 is 15.9 Å². The van der Waals surface area contributed by atoms with Gasteiger partial charge >= 0.3 is 5.97 Å². The molecule has 0 aliphatic heterocycles. The number of ether oxygens (including phenoxy) is 1. The fourth-order valence-electron chi connectivity index (χ4n) is 5.73. The molecule has 1 fully saturated rings. The van der Waals surface area contributed by atoms with Crippen LogP contribution in [0.25, 0.3) is 0 Å². The maximum Gasteiger partial charge on any atom is 0.330 e. The number of benzene rings is 1. The van der Waals surface area contributed by atoms with Crippen molar-refractivity contribution in [1.82, 2.24) is 0 Å². The lowest BCUT2D eigenvalue weighted by Gasteiger charge is -2.49. The largest absolute Gasteiger partial charge is 0.508 e. The number of phenolic OH excluding ortho intramolecular Hbond substituents is 1. The molecule has 0 heterocycles. The van der Waals surface area contributed by atoms with Crippen molar-refractivity contribution >= 4 is 21.9 Å². The molecular formula is C23H27BrO3. The van der Waals surface area contributed by atoms with Gasteiger partial charge in [0.25, 0.3) is 0 Å². The Balaban J connectivity index is 1.60. The second-order valence-electron chi connectivity index (χ2n) is 8.38. The van der Waals surface area contributed by atoms with E-state index in [1.165, 1.54) is 34.0 Å². The lowest BCUT2D eigenvalue weighted by atomic mass is 9.56. The predicted octanol–water partition coefficient (Wildman–Crippen LogP) is 5.63. The number of hydrogen-bond donors (Lipinski definition) is 1. The summed E-state index contributed by atoms with van der Waals surface area (Å²) in [5.74, 6) is 1.94. The van der Waals surface area contributed by atoms with Crippen LogP contribution in [0.5, 0.6) is 5.75 Å². The lowest BCUT2D eigenvalue weighted by molar-refractivity contribution is -0.137. The van der Waals surface area contributed by atoms with Gasteiger partial charge in [0, 0.05) is 16.0 Å². The minimum atomic E-state index is -0.269. The number of phenols is 1. The van der Waals surface area contributed by atoms with E-state index < -0.39 is 0 Å². The molecule has 0 amide bonds. The van der Waals surface area contributed by atoms with Crippen molar-refractivity contribution in [1.29, 1.82) is 0 Å². The Kier molecular flexibility index (Phi) is 4.96. The predicted molar refractivity (Wildman–Crippen MR) is 110 cm³/mol. The zero-order valence-electron chi connectivity index (χ0n) is 16.0. The van der Waals surface area contributed by atoms with Crippen molar-refractivity contribution in [3.05, 3.63) is 51.5 Å². The van der Waals surface area contributed by atoms with E-state index in [0.717, 1.165) is 19.3 Å². The first-order chi connectivity index (χ1) is 12.9. The first-order valence-electron chi connectivity index (χ1n) is 9.99. The highest BCUT2D eigenvalue weighted by Gasteiger charge is 2.52. The molecule has 1 N–H and O–H groups in total. The summed E-state index contributed by atoms with van der Waals surface area (Å²) in [6.07, 6.45) is 9.09. The number of aromatic hydroxyl groups is 1. The molecule has 1 aromatic rings. The second-order valence-corrected chi connectivity index (χ2v) is 9.18. The van der Waals surface area contributed by atoms with E-state index in [1.54, 1.807) is 6.08 Å². The highest BCUT2D eigenvalue weighted by Crippen LogP contribution is 2.64. The van der Waals surface area contributed by atoms with Crippen LogP contribution in [0, 0.1) is 17.3 Å². The van der Waals surface area contributed by atoms with Crippen LogP contribution in [0.15, 0.2) is 40.4 Å². The van der Waals surface area contributed by atoms with Crippen LogP contribution in [-0.4, -0.2) is 17.7 Å². The van der Waals surface area contributed by atoms with E-state index in [2.05, 4.69) is 28.9 Å². The number of fused-ring (bicyclic) bond motifs is 5. The van der Waals surface area contributed by atoms with Crippen molar-refractivity contribution in [2.75, 3.05) is 6.61 Å². The topological polar surface area (TPSA) is 46.5 Å². The van der Waals surface area contributed by atoms with Crippen LogP contribution in [0.4, 0.5) is 0 Å². The standard InChI is InChI=1S/C23H27BrO3/c1-3-27-21(26)9-5-15-13-20-19-7-4-14-12-16(25)6-8-17(14)18(19)10-11-23(20,2)22(15)24/h5-6,8-9,12,18-20,25H,3-4,7,10-11,13H2,1-2H3/b9-5+/t18-,19-,20+,23+/m1/s1. The third kappa shape index (κ3) is 3.16. The molecule has 1 aromatic carbocycles. The molecule has 0 bridgehead atoms. The quantitative estimate of drug-likeness (QED) is 0.499. The van der Waals surface area contributed by atoms with Gasteiger partial charge in [0.1, 0.15) is 5.75 Å². The first-order valence-corrected chi connectivity index (χ1v) is 10.8. The number of aryl methyl sites for hydroxylation is 1. The van der Waals surface area contributed by atoms with E-state index in [-0.39, 0.29) is 11.4 Å². The second kappa shape index (κ2) is 7.12. The number of allylic oxidation sites excluding steroid dienone is 3. The fourth-order valence-corrected chi connectivity index (χ4v) is 6.52. The van der Waals surface area contributed by atoms with Gasteiger partial charge in [-0.05, 0) is 85.6 Å². The molecule has 0 saturated heterocycles. The molecule has 0 unspecified atom stereocenters. The van der Waals surface area contributed by atoms with Crippen LogP contribution in [0.1, 0.15) is 56.6 Å². The number of rotatable bonds is 3. The van der Waals surface area contributed by atoms with Crippen LogP contribution in [0.2, 0.25) is 0 Å². The number of carbonyl (C=O) groups is 1. The van der Waals surface area contributed by atoms with Gasteiger partial charge in [-0.1, -0.05) is 35.0 Å². The summed E-state index contributed by atoms with van der Waals surface area (Å²) in [4.78, 5) is 11.7. The summed E-state index contributed by atoms with van der Waals surface area (Å²) in [5, 5.41) is 9.83. The molecule has 0 radical (unpaired) electrons. The Morgan fingerprint density at radius 1 is 1.41 bits per heavy atom. The Hall–Kier alpha value is -1.55. The zero-order valence-corrected chi connectivity index (χ0v) is 17.6. The summed E-state index contributed by atoms with van der Waals surface area (Å²) in [7, 11) is 0. The van der Waals surface area contributed by atoms with E-state index in [9.17, 15) is 9.90 Å². The van der Waals surface area contributed by atoms with Crippen molar-refractivity contribution in [2.24, 2.45) is 17.3 Å². The summed E-state index contributed by atoms with van der Waals surface area (Å²) in [6.45, 7) is 4.62. The number of carbonyl (C=O) groups excluding carboxylic acids is 1. The average Bonchev–Trinajstić information content (AvgIpc) is 2.91. The Morgan fingerprint density at radius 2 is 2.22 bits per heavy atom. The zero-order chi connectivity index (χ0) is 19.2. The van der Waals surface area contributed by atoms with Gasteiger partial charge in [0.2, 0.25) is 0 Å². The smallest absolute Gasteiger partial charge is 0.330 e. The average molecular weight is 431 g/mol. The summed E-state index contributed by atoms with van der Waals surface area (Å²) in [6, 6.07) is 5.93. The molecule has 3 nitrogen and oxygen atoms in total. The van der Waals surface area contributed by atoms with Gasteiger partial charge in [0.15, 0.2) is 0 Å². The van der Waals surface area contributed by atoms with Crippen molar-refractivity contribution in [3.8, 4) is 5.75 Å². The molecule has 4 atom stereocenters. The van der Waals surface area contributed by atoms with Gasteiger partial charge in [-0.2, -0.15) is 0 Å². The molecule has 4 heteroatoms. The monoisotopic (exact) mass is 430 g/mol. The molecule has 1 saturated carbocycles. The fraction of sp³-hybridized carbons (Fsp3) is 0.522. The highest BCUT2D eigenvalue weighted by molar-refractivity contribution is 9.11. The number of esters is 1. The SMILES string of the molecule is CCOC(=O)/C=C/C1=C(Br)[C@@]2(C)CC[C@@H]3c4ccc(O)cc4CC[C@H]3[C@@H]2C1. The van der Waals surface area contributed by atoms with Gasteiger partial charge in [-0.3, -0.25) is 0 Å². The molecule has 27 heavy (non-hydrogen) atoms. The summed E-state index contributed by atoms with van der Waals surface area (Å²) < 4.78 is 6.30. The van der Waals surface area contributed by atoms with Gasteiger partial charge in [0.05, 0.1) is 6.61 Å². The van der Waals surface area contributed by atoms with Gasteiger partial charge in [-0.25, -0.2) is 4.79 Å². The normalized spacial score (nSPS) is 32.2. The maximum absolute atomic E-state index is 11.7. The Morgan fingerprint density at radius 3 is 3.00 bits per heavy atom. The number of hydrogen-bond acceptors (Lipinski definition) is 3. The maximum atomic E-state index is 11.7. The molecule has 4 rings (SSSR count). The van der Waals surface area contributed by atoms with E-state index >= 15 is 0 Å². The third-order valence-corrected chi connectivity index (χ3v) is 8.45. The molecule has 144 valence electrons. The molecule has 0 aromatic heterocycles. The van der Waals surface area contributed by atoms with Gasteiger partial charge in [-0.15, -0.1) is 0 Å². The minimum Gasteiger partial charge on any atom is -0.508 e. The lowest BCUT2D eigenvalue weighted by Crippen LogP contribution is -2.40. The Bertz CT molecular complexity index is 825. The molecule has 0 spiro atoms.